The van der Waals surface area contributed by atoms with Crippen molar-refractivity contribution in [2.24, 2.45) is 0 Å². The van der Waals surface area contributed by atoms with E-state index in [0.717, 1.165) is 25.5 Å². The van der Waals surface area contributed by atoms with E-state index in [2.05, 4.69) is 15.5 Å². The van der Waals surface area contributed by atoms with E-state index >= 15 is 0 Å². The van der Waals surface area contributed by atoms with Gasteiger partial charge in [0.25, 0.3) is 5.91 Å². The number of pyridine rings is 1. The van der Waals surface area contributed by atoms with Gasteiger partial charge in [0.05, 0.1) is 6.10 Å². The number of hydrogen-bond acceptors (Lipinski definition) is 4. The molecule has 2 aromatic heterocycles. The number of carbonyl (C=O) groups is 1. The molecule has 1 aliphatic heterocycles. The van der Waals surface area contributed by atoms with Gasteiger partial charge in [-0.3, -0.25) is 9.20 Å². The lowest BCUT2D eigenvalue weighted by molar-refractivity contribution is 0.0858. The summed E-state index contributed by atoms with van der Waals surface area (Å²) in [5.41, 5.74) is 1.11. The van der Waals surface area contributed by atoms with Crippen LogP contribution < -0.4 is 5.32 Å². The summed E-state index contributed by atoms with van der Waals surface area (Å²) in [6, 6.07) is 6.35. The number of nitrogens with one attached hydrogen (secondary N) is 1. The zero-order valence-corrected chi connectivity index (χ0v) is 13.8. The van der Waals surface area contributed by atoms with Crippen molar-refractivity contribution in [3.63, 3.8) is 0 Å². The lowest BCUT2D eigenvalue weighted by Gasteiger charge is -2.10. The van der Waals surface area contributed by atoms with E-state index in [1.54, 1.807) is 22.7 Å². The quantitative estimate of drug-likeness (QED) is 0.778. The van der Waals surface area contributed by atoms with Gasteiger partial charge in [-0.15, -0.1) is 10.2 Å². The van der Waals surface area contributed by atoms with Crippen molar-refractivity contribution in [1.29, 1.82) is 0 Å². The molecule has 0 aliphatic carbocycles. The van der Waals surface area contributed by atoms with E-state index in [0.29, 0.717) is 23.6 Å². The lowest BCUT2D eigenvalue weighted by atomic mass is 10.2. The van der Waals surface area contributed by atoms with E-state index in [-0.39, 0.29) is 17.6 Å². The number of amides is 1. The van der Waals surface area contributed by atoms with Crippen LogP contribution in [-0.2, 0) is 4.74 Å². The molecule has 6 nitrogen and oxygen atoms in total. The molecule has 1 amide bonds. The van der Waals surface area contributed by atoms with Crippen LogP contribution in [-0.4, -0.2) is 39.8 Å². The normalized spacial score (nSPS) is 16.9. The summed E-state index contributed by atoms with van der Waals surface area (Å²) >= 11 is 0. The summed E-state index contributed by atoms with van der Waals surface area (Å²) in [6.07, 6.45) is 3.62. The Morgan fingerprint density at radius 1 is 1.23 bits per heavy atom. The summed E-state index contributed by atoms with van der Waals surface area (Å²) in [5, 5.41) is 10.8. The maximum absolute atomic E-state index is 13.4. The molecule has 1 aliphatic rings. The second-order valence-electron chi connectivity index (χ2n) is 6.17. The number of hydrogen-bond donors (Lipinski definition) is 1. The molecule has 0 bridgehead atoms. The van der Waals surface area contributed by atoms with Gasteiger partial charge < -0.3 is 10.1 Å². The number of fused-ring (bicyclic) bond motifs is 1. The Morgan fingerprint density at radius 2 is 2.04 bits per heavy atom. The van der Waals surface area contributed by atoms with Crippen molar-refractivity contribution in [3.8, 4) is 11.4 Å². The zero-order valence-electron chi connectivity index (χ0n) is 13.8. The highest BCUT2D eigenvalue weighted by molar-refractivity contribution is 5.95. The molecule has 4 rings (SSSR count). The Balaban J connectivity index is 1.57. The van der Waals surface area contributed by atoms with Gasteiger partial charge in [0.1, 0.15) is 11.6 Å². The van der Waals surface area contributed by atoms with Gasteiger partial charge in [-0.2, -0.15) is 0 Å². The van der Waals surface area contributed by atoms with Crippen molar-refractivity contribution in [2.45, 2.75) is 18.9 Å². The van der Waals surface area contributed by atoms with E-state index in [9.17, 15) is 13.6 Å². The Morgan fingerprint density at radius 3 is 2.77 bits per heavy atom. The van der Waals surface area contributed by atoms with Crippen LogP contribution >= 0.6 is 0 Å². The maximum Gasteiger partial charge on any atom is 0.251 e. The van der Waals surface area contributed by atoms with Crippen LogP contribution in [0.1, 0.15) is 23.2 Å². The highest BCUT2D eigenvalue weighted by atomic mass is 19.1. The first-order chi connectivity index (χ1) is 12.6. The van der Waals surface area contributed by atoms with Gasteiger partial charge in [0, 0.05) is 36.5 Å². The van der Waals surface area contributed by atoms with Crippen LogP contribution in [0.4, 0.5) is 8.78 Å². The van der Waals surface area contributed by atoms with Gasteiger partial charge in [-0.1, -0.05) is 0 Å². The first kappa shape index (κ1) is 16.6. The molecule has 134 valence electrons. The van der Waals surface area contributed by atoms with Crippen molar-refractivity contribution >= 4 is 11.6 Å². The fourth-order valence-corrected chi connectivity index (χ4v) is 3.03. The molecule has 1 saturated heterocycles. The third-order valence-corrected chi connectivity index (χ3v) is 4.31. The van der Waals surface area contributed by atoms with Gasteiger partial charge in [0.2, 0.25) is 0 Å². The topological polar surface area (TPSA) is 68.5 Å². The minimum absolute atomic E-state index is 0.0604. The number of rotatable bonds is 4. The predicted octanol–water partition coefficient (Wildman–Crippen LogP) is 2.58. The molecule has 1 unspecified atom stereocenters. The second-order valence-corrected chi connectivity index (χ2v) is 6.17. The molecule has 26 heavy (non-hydrogen) atoms. The summed E-state index contributed by atoms with van der Waals surface area (Å²) in [6.45, 7) is 1.19. The molecule has 0 spiro atoms. The van der Waals surface area contributed by atoms with Crippen LogP contribution in [0.25, 0.3) is 17.0 Å². The SMILES string of the molecule is O=C(NCC1CCCO1)c1ccn2c(-c3cc(F)cc(F)c3)nnc2c1. The summed E-state index contributed by atoms with van der Waals surface area (Å²) in [7, 11) is 0. The van der Waals surface area contributed by atoms with Crippen molar-refractivity contribution in [1.82, 2.24) is 19.9 Å². The molecule has 1 aromatic carbocycles. The van der Waals surface area contributed by atoms with E-state index in [1.807, 2.05) is 0 Å². The zero-order chi connectivity index (χ0) is 18.1. The molecule has 3 heterocycles. The summed E-state index contributed by atoms with van der Waals surface area (Å²) < 4.78 is 33.9. The summed E-state index contributed by atoms with van der Waals surface area (Å²) in [5.74, 6) is -1.32. The molecule has 0 radical (unpaired) electrons. The second kappa shape index (κ2) is 6.80. The van der Waals surface area contributed by atoms with Crippen molar-refractivity contribution in [2.75, 3.05) is 13.2 Å². The first-order valence-electron chi connectivity index (χ1n) is 8.31. The summed E-state index contributed by atoms with van der Waals surface area (Å²) in [4.78, 5) is 12.3. The number of halogens is 2. The van der Waals surface area contributed by atoms with E-state index in [4.69, 9.17) is 4.74 Å². The Bertz CT molecular complexity index is 947. The van der Waals surface area contributed by atoms with Crippen LogP contribution in [0, 0.1) is 11.6 Å². The van der Waals surface area contributed by atoms with Crippen LogP contribution in [0.3, 0.4) is 0 Å². The molecule has 1 N–H and O–H groups in total. The van der Waals surface area contributed by atoms with Gasteiger partial charge in [-0.05, 0) is 37.1 Å². The van der Waals surface area contributed by atoms with Gasteiger partial charge in [-0.25, -0.2) is 8.78 Å². The molecular formula is C18H16F2N4O2. The van der Waals surface area contributed by atoms with Gasteiger partial charge in [0.15, 0.2) is 11.5 Å². The molecule has 0 saturated carbocycles. The molecule has 1 fully saturated rings. The number of aromatic nitrogens is 3. The number of ether oxygens (including phenoxy) is 1. The molecular weight excluding hydrogens is 342 g/mol. The Hall–Kier alpha value is -2.87. The predicted molar refractivity (Wildman–Crippen MR) is 89.6 cm³/mol. The van der Waals surface area contributed by atoms with E-state index in [1.165, 1.54) is 12.1 Å². The first-order valence-corrected chi connectivity index (χ1v) is 8.31. The highest BCUT2D eigenvalue weighted by Crippen LogP contribution is 2.21. The Kier molecular flexibility index (Phi) is 4.34. The molecule has 3 aromatic rings. The van der Waals surface area contributed by atoms with Crippen molar-refractivity contribution in [3.05, 3.63) is 53.7 Å². The van der Waals surface area contributed by atoms with Crippen LogP contribution in [0.15, 0.2) is 36.5 Å². The molecule has 1 atom stereocenters. The maximum atomic E-state index is 13.4. The number of carbonyl (C=O) groups excluding carboxylic acids is 1. The van der Waals surface area contributed by atoms with Crippen LogP contribution in [0.2, 0.25) is 0 Å². The van der Waals surface area contributed by atoms with Gasteiger partial charge >= 0.3 is 0 Å². The molecule has 8 heteroatoms. The average Bonchev–Trinajstić information content (AvgIpc) is 3.27. The minimum Gasteiger partial charge on any atom is -0.376 e. The fourth-order valence-electron chi connectivity index (χ4n) is 3.03. The number of nitrogens with zero attached hydrogens (tertiary/aromatic N) is 3. The standard InChI is InChI=1S/C18H16F2N4O2/c19-13-6-12(7-14(20)9-13)17-23-22-16-8-11(3-4-24(16)17)18(25)21-10-15-2-1-5-26-15/h3-4,6-9,15H,1-2,5,10H2,(H,21,25). The Labute approximate surface area is 147 Å². The number of benzene rings is 1. The van der Waals surface area contributed by atoms with Crippen LogP contribution in [0.5, 0.6) is 0 Å². The average molecular weight is 358 g/mol. The third kappa shape index (κ3) is 3.28. The smallest absolute Gasteiger partial charge is 0.251 e. The van der Waals surface area contributed by atoms with Crippen molar-refractivity contribution < 1.29 is 18.3 Å². The lowest BCUT2D eigenvalue weighted by Crippen LogP contribution is -2.31. The third-order valence-electron chi connectivity index (χ3n) is 4.31. The van der Waals surface area contributed by atoms with E-state index < -0.39 is 11.6 Å². The minimum atomic E-state index is -0.693. The largest absolute Gasteiger partial charge is 0.376 e. The fraction of sp³-hybridized carbons (Fsp3) is 0.278. The highest BCUT2D eigenvalue weighted by Gasteiger charge is 2.17. The monoisotopic (exact) mass is 358 g/mol.